The van der Waals surface area contributed by atoms with E-state index in [9.17, 15) is 4.79 Å². The van der Waals surface area contributed by atoms with Gasteiger partial charge in [0.1, 0.15) is 5.60 Å². The largest absolute Gasteiger partial charge is 0.459 e. The number of hydrogen-bond donors (Lipinski definition) is 0. The number of rotatable bonds is 5. The van der Waals surface area contributed by atoms with Gasteiger partial charge in [0.25, 0.3) is 0 Å². The maximum Gasteiger partial charge on any atom is 0.308 e. The van der Waals surface area contributed by atoms with Crippen molar-refractivity contribution in [3.8, 4) is 0 Å². The molecule has 0 aliphatic heterocycles. The van der Waals surface area contributed by atoms with Gasteiger partial charge in [-0.25, -0.2) is 0 Å². The fraction of sp³-hybridized carbons (Fsp3) is 0.923. The molecule has 0 rings (SSSR count). The molecule has 0 aliphatic carbocycles. The van der Waals surface area contributed by atoms with Crippen LogP contribution in [0.4, 0.5) is 0 Å². The first-order valence-electron chi connectivity index (χ1n) is 5.89. The van der Waals surface area contributed by atoms with Crippen LogP contribution in [0.5, 0.6) is 0 Å². The fourth-order valence-corrected chi connectivity index (χ4v) is 1.47. The molecule has 0 spiro atoms. The Balaban J connectivity index is 4.33. The molecule has 1 atom stereocenters. The molecule has 2 nitrogen and oxygen atoms in total. The third kappa shape index (κ3) is 5.19. The highest BCUT2D eigenvalue weighted by Crippen LogP contribution is 2.27. The summed E-state index contributed by atoms with van der Waals surface area (Å²) in [6.07, 6.45) is 1.08. The third-order valence-electron chi connectivity index (χ3n) is 2.85. The van der Waals surface area contributed by atoms with E-state index >= 15 is 0 Å². The van der Waals surface area contributed by atoms with Gasteiger partial charge in [-0.2, -0.15) is 0 Å². The van der Waals surface area contributed by atoms with Crippen LogP contribution in [0.2, 0.25) is 0 Å². The standard InChI is InChI=1S/C13H26O2/c1-9(2)8-11(5)13(6,7)15-12(14)10(3)4/h9-11H,8H2,1-7H3. The summed E-state index contributed by atoms with van der Waals surface area (Å²) in [7, 11) is 0. The van der Waals surface area contributed by atoms with Gasteiger partial charge in [-0.15, -0.1) is 0 Å². The van der Waals surface area contributed by atoms with Crippen molar-refractivity contribution in [1.29, 1.82) is 0 Å². The lowest BCUT2D eigenvalue weighted by Crippen LogP contribution is -2.37. The van der Waals surface area contributed by atoms with Crippen molar-refractivity contribution in [1.82, 2.24) is 0 Å². The topological polar surface area (TPSA) is 26.3 Å². The van der Waals surface area contributed by atoms with Crippen molar-refractivity contribution in [2.75, 3.05) is 0 Å². The minimum Gasteiger partial charge on any atom is -0.459 e. The molecular formula is C13H26O2. The van der Waals surface area contributed by atoms with Gasteiger partial charge in [0.2, 0.25) is 0 Å². The van der Waals surface area contributed by atoms with Crippen molar-refractivity contribution in [2.24, 2.45) is 17.8 Å². The predicted octanol–water partition coefficient (Wildman–Crippen LogP) is 3.65. The highest BCUT2D eigenvalue weighted by Gasteiger charge is 2.31. The van der Waals surface area contributed by atoms with Gasteiger partial charge < -0.3 is 4.74 Å². The van der Waals surface area contributed by atoms with E-state index in [1.807, 2.05) is 27.7 Å². The van der Waals surface area contributed by atoms with Crippen molar-refractivity contribution in [2.45, 2.75) is 60.5 Å². The Morgan fingerprint density at radius 1 is 1.13 bits per heavy atom. The number of ether oxygens (including phenoxy) is 1. The minimum atomic E-state index is -0.356. The molecule has 90 valence electrons. The van der Waals surface area contributed by atoms with E-state index < -0.39 is 0 Å². The SMILES string of the molecule is CC(C)CC(C)C(C)(C)OC(=O)C(C)C. The van der Waals surface area contributed by atoms with Gasteiger partial charge in [0, 0.05) is 0 Å². The quantitative estimate of drug-likeness (QED) is 0.653. The lowest BCUT2D eigenvalue weighted by Gasteiger charge is -2.33. The van der Waals surface area contributed by atoms with E-state index in [4.69, 9.17) is 4.74 Å². The zero-order valence-corrected chi connectivity index (χ0v) is 11.3. The Kier molecular flexibility index (Phi) is 5.33. The normalized spacial score (nSPS) is 14.5. The van der Waals surface area contributed by atoms with Gasteiger partial charge in [-0.05, 0) is 32.1 Å². The van der Waals surface area contributed by atoms with Crippen molar-refractivity contribution < 1.29 is 9.53 Å². The number of hydrogen-bond acceptors (Lipinski definition) is 2. The molecular weight excluding hydrogens is 188 g/mol. The second kappa shape index (κ2) is 5.53. The van der Waals surface area contributed by atoms with Crippen LogP contribution >= 0.6 is 0 Å². The van der Waals surface area contributed by atoms with E-state index in [1.54, 1.807) is 0 Å². The smallest absolute Gasteiger partial charge is 0.308 e. The lowest BCUT2D eigenvalue weighted by atomic mass is 9.85. The second-order valence-electron chi connectivity index (χ2n) is 5.71. The molecule has 0 bridgehead atoms. The molecule has 0 aromatic carbocycles. The summed E-state index contributed by atoms with van der Waals surface area (Å²) in [5, 5.41) is 0. The summed E-state index contributed by atoms with van der Waals surface area (Å²) in [6, 6.07) is 0. The van der Waals surface area contributed by atoms with E-state index in [0.29, 0.717) is 11.8 Å². The molecule has 0 saturated heterocycles. The Hall–Kier alpha value is -0.530. The third-order valence-corrected chi connectivity index (χ3v) is 2.85. The maximum atomic E-state index is 11.5. The zero-order chi connectivity index (χ0) is 12.2. The van der Waals surface area contributed by atoms with Crippen LogP contribution in [0, 0.1) is 17.8 Å². The molecule has 15 heavy (non-hydrogen) atoms. The van der Waals surface area contributed by atoms with Crippen LogP contribution in [0.25, 0.3) is 0 Å². The minimum absolute atomic E-state index is 0.0458. The number of carbonyl (C=O) groups excluding carboxylic acids is 1. The molecule has 1 unspecified atom stereocenters. The molecule has 0 saturated carbocycles. The molecule has 0 aromatic rings. The summed E-state index contributed by atoms with van der Waals surface area (Å²) in [5.74, 6) is 0.878. The van der Waals surface area contributed by atoms with Crippen LogP contribution in [0.15, 0.2) is 0 Å². The van der Waals surface area contributed by atoms with E-state index in [2.05, 4.69) is 20.8 Å². The lowest BCUT2D eigenvalue weighted by molar-refractivity contribution is -0.165. The van der Waals surface area contributed by atoms with Crippen LogP contribution in [0.1, 0.15) is 54.9 Å². The highest BCUT2D eigenvalue weighted by molar-refractivity contribution is 5.72. The van der Waals surface area contributed by atoms with Gasteiger partial charge >= 0.3 is 5.97 Å². The van der Waals surface area contributed by atoms with Crippen LogP contribution in [-0.2, 0) is 9.53 Å². The van der Waals surface area contributed by atoms with Crippen LogP contribution < -0.4 is 0 Å². The Morgan fingerprint density at radius 3 is 1.93 bits per heavy atom. The summed E-state index contributed by atoms with van der Waals surface area (Å²) in [4.78, 5) is 11.5. The molecule has 0 amide bonds. The van der Waals surface area contributed by atoms with Gasteiger partial charge in [0.05, 0.1) is 5.92 Å². The first-order valence-corrected chi connectivity index (χ1v) is 5.89. The number of esters is 1. The first-order chi connectivity index (χ1) is 6.66. The van der Waals surface area contributed by atoms with Gasteiger partial charge in [-0.1, -0.05) is 34.6 Å². The van der Waals surface area contributed by atoms with E-state index in [-0.39, 0.29) is 17.5 Å². The summed E-state index contributed by atoms with van der Waals surface area (Å²) in [6.45, 7) is 14.3. The molecule has 2 heteroatoms. The fourth-order valence-electron chi connectivity index (χ4n) is 1.47. The Bertz CT molecular complexity index is 205. The average Bonchev–Trinajstić information content (AvgIpc) is 2.01. The second-order valence-corrected chi connectivity index (χ2v) is 5.71. The van der Waals surface area contributed by atoms with Crippen molar-refractivity contribution >= 4 is 5.97 Å². The average molecular weight is 214 g/mol. The van der Waals surface area contributed by atoms with Crippen LogP contribution in [0.3, 0.4) is 0 Å². The highest BCUT2D eigenvalue weighted by atomic mass is 16.6. The summed E-state index contributed by atoms with van der Waals surface area (Å²) < 4.78 is 5.52. The molecule has 0 fully saturated rings. The first kappa shape index (κ1) is 14.5. The van der Waals surface area contributed by atoms with Crippen molar-refractivity contribution in [3.63, 3.8) is 0 Å². The monoisotopic (exact) mass is 214 g/mol. The molecule has 0 N–H and O–H groups in total. The van der Waals surface area contributed by atoms with E-state index in [1.165, 1.54) is 0 Å². The summed E-state index contributed by atoms with van der Waals surface area (Å²) in [5.41, 5.74) is -0.356. The molecule has 0 aliphatic rings. The summed E-state index contributed by atoms with van der Waals surface area (Å²) >= 11 is 0. The van der Waals surface area contributed by atoms with Gasteiger partial charge in [0.15, 0.2) is 0 Å². The van der Waals surface area contributed by atoms with Gasteiger partial charge in [-0.3, -0.25) is 4.79 Å². The van der Waals surface area contributed by atoms with Crippen molar-refractivity contribution in [3.05, 3.63) is 0 Å². The number of carbonyl (C=O) groups is 1. The Morgan fingerprint density at radius 2 is 1.60 bits per heavy atom. The molecule has 0 heterocycles. The zero-order valence-electron chi connectivity index (χ0n) is 11.3. The molecule has 0 aromatic heterocycles. The Labute approximate surface area is 94.4 Å². The maximum absolute atomic E-state index is 11.5. The predicted molar refractivity (Wildman–Crippen MR) is 63.6 cm³/mol. The molecule has 0 radical (unpaired) electrons. The van der Waals surface area contributed by atoms with Crippen LogP contribution in [-0.4, -0.2) is 11.6 Å². The van der Waals surface area contributed by atoms with E-state index in [0.717, 1.165) is 6.42 Å².